The first-order valence-corrected chi connectivity index (χ1v) is 6.27. The number of rotatable bonds is 2. The fourth-order valence-corrected chi connectivity index (χ4v) is 0.642. The van der Waals surface area contributed by atoms with Gasteiger partial charge in [-0.25, -0.2) is 24.3 Å². The van der Waals surface area contributed by atoms with E-state index in [9.17, 15) is 0 Å². The molecular formula is C16H26N2W-4. The maximum atomic E-state index is 3.74. The molecule has 3 heteroatoms. The minimum atomic E-state index is 0. The van der Waals surface area contributed by atoms with Crippen LogP contribution in [0, 0.1) is 0 Å². The first-order chi connectivity index (χ1) is 8.83. The van der Waals surface area contributed by atoms with Crippen molar-refractivity contribution in [2.75, 3.05) is 27.2 Å². The molecule has 0 heterocycles. The van der Waals surface area contributed by atoms with E-state index in [2.05, 4.69) is 10.6 Å². The Balaban J connectivity index is -0.000000178. The van der Waals surface area contributed by atoms with Crippen LogP contribution >= 0.6 is 0 Å². The molecule has 2 rings (SSSR count). The van der Waals surface area contributed by atoms with E-state index in [4.69, 9.17) is 0 Å². The second-order valence-electron chi connectivity index (χ2n) is 3.19. The van der Waals surface area contributed by atoms with Crippen LogP contribution in [0.15, 0.2) is 60.7 Å². The summed E-state index contributed by atoms with van der Waals surface area (Å²) in [6.07, 6.45) is 0. The molecule has 2 aromatic rings. The molecule has 0 aliphatic rings. The van der Waals surface area contributed by atoms with Crippen molar-refractivity contribution in [3.05, 3.63) is 71.3 Å². The van der Waals surface area contributed by atoms with E-state index in [1.165, 1.54) is 0 Å². The van der Waals surface area contributed by atoms with Crippen molar-refractivity contribution in [3.63, 3.8) is 0 Å². The molecular weight excluding hydrogens is 404 g/mol. The summed E-state index contributed by atoms with van der Waals surface area (Å²) in [6, 6.07) is 20.0. The Morgan fingerprint density at radius 2 is 0.895 bits per heavy atom. The van der Waals surface area contributed by atoms with Crippen molar-refractivity contribution in [2.45, 2.75) is 13.8 Å². The molecule has 0 unspecified atom stereocenters. The third kappa shape index (κ3) is 31.7. The van der Waals surface area contributed by atoms with Gasteiger partial charge in [0.25, 0.3) is 0 Å². The zero-order valence-corrected chi connectivity index (χ0v) is 15.4. The monoisotopic (exact) mass is 430 g/mol. The predicted octanol–water partition coefficient (Wildman–Crippen LogP) is 4.83. The topological polar surface area (TPSA) is 28.2 Å². The van der Waals surface area contributed by atoms with Crippen LogP contribution in [0.3, 0.4) is 0 Å². The van der Waals surface area contributed by atoms with Gasteiger partial charge < -0.3 is 10.6 Å². The van der Waals surface area contributed by atoms with E-state index in [0.717, 1.165) is 13.1 Å². The normalized spacial score (nSPS) is 7.37. The van der Waals surface area contributed by atoms with Gasteiger partial charge in [-0.1, -0.05) is 13.8 Å². The van der Waals surface area contributed by atoms with Crippen LogP contribution < -0.4 is 0 Å². The number of nitrogens with zero attached hydrogens (tertiary/aromatic N) is 2. The minimum Gasteiger partial charge on any atom is -0.665 e. The largest absolute Gasteiger partial charge is 0.665 e. The van der Waals surface area contributed by atoms with Gasteiger partial charge in [-0.3, -0.25) is 0 Å². The summed E-state index contributed by atoms with van der Waals surface area (Å²) in [5.41, 5.74) is 0. The molecule has 0 saturated carbocycles. The summed E-state index contributed by atoms with van der Waals surface area (Å²) in [5.74, 6) is 0. The second kappa shape index (κ2) is 26.0. The molecule has 0 amide bonds. The van der Waals surface area contributed by atoms with Crippen LogP contribution in [0.2, 0.25) is 0 Å². The Bertz CT molecular complexity index is 196. The number of hydrogen-bond acceptors (Lipinski definition) is 0. The van der Waals surface area contributed by atoms with Gasteiger partial charge in [0.05, 0.1) is 0 Å². The van der Waals surface area contributed by atoms with Gasteiger partial charge in [-0.15, -0.1) is 0 Å². The summed E-state index contributed by atoms with van der Waals surface area (Å²) in [6.45, 7) is 5.92. The van der Waals surface area contributed by atoms with E-state index < -0.39 is 0 Å². The SMILES string of the molecule is CC[N-]C.CC[N-]C.[W].c1cc[cH-]c1.c1cc[cH-]c1. The zero-order valence-electron chi connectivity index (χ0n) is 12.5. The van der Waals surface area contributed by atoms with Crippen LogP contribution in [0.4, 0.5) is 0 Å². The summed E-state index contributed by atoms with van der Waals surface area (Å²) in [5, 5.41) is 7.47. The molecule has 0 aromatic heterocycles. The van der Waals surface area contributed by atoms with E-state index in [1.54, 1.807) is 14.1 Å². The Kier molecular flexibility index (Phi) is 32.0. The van der Waals surface area contributed by atoms with Gasteiger partial charge in [-0.05, 0) is 0 Å². The van der Waals surface area contributed by atoms with E-state index in [0.29, 0.717) is 0 Å². The minimum absolute atomic E-state index is 0. The molecule has 2 nitrogen and oxygen atoms in total. The Morgan fingerprint density at radius 1 is 0.684 bits per heavy atom. The average Bonchev–Trinajstić information content (AvgIpc) is 3.14. The standard InChI is InChI=1S/2C5H5.2C3H8N.W/c2*1-2-4-5-3-1;2*1-3-4-2;/h2*1-5H;2*3H2,1-2H3;/q4*-1;. The van der Waals surface area contributed by atoms with Gasteiger partial charge in [0.15, 0.2) is 0 Å². The van der Waals surface area contributed by atoms with E-state index in [-0.39, 0.29) is 21.1 Å². The molecule has 0 spiro atoms. The molecule has 0 radical (unpaired) electrons. The van der Waals surface area contributed by atoms with E-state index in [1.807, 2.05) is 74.5 Å². The third-order valence-corrected chi connectivity index (χ3v) is 1.74. The quantitative estimate of drug-likeness (QED) is 0.611. The molecule has 0 aliphatic heterocycles. The van der Waals surface area contributed by atoms with Crippen LogP contribution in [0.25, 0.3) is 10.6 Å². The van der Waals surface area contributed by atoms with Crippen molar-refractivity contribution >= 4 is 0 Å². The Hall–Kier alpha value is -0.692. The van der Waals surface area contributed by atoms with Gasteiger partial charge in [0.2, 0.25) is 0 Å². The summed E-state index contributed by atoms with van der Waals surface area (Å²) in [7, 11) is 3.61. The fraction of sp³-hybridized carbons (Fsp3) is 0.375. The van der Waals surface area contributed by atoms with Crippen molar-refractivity contribution in [2.24, 2.45) is 0 Å². The average molecular weight is 430 g/mol. The summed E-state index contributed by atoms with van der Waals surface area (Å²) in [4.78, 5) is 0. The molecule has 0 bridgehead atoms. The molecule has 110 valence electrons. The fourth-order valence-electron chi connectivity index (χ4n) is 0.642. The molecule has 0 N–H and O–H groups in total. The van der Waals surface area contributed by atoms with Crippen LogP contribution in [0.5, 0.6) is 0 Å². The molecule has 0 atom stereocenters. The van der Waals surface area contributed by atoms with Gasteiger partial charge in [0.1, 0.15) is 0 Å². The maximum Gasteiger partial charge on any atom is 0 e. The molecule has 2 aromatic carbocycles. The van der Waals surface area contributed by atoms with Crippen molar-refractivity contribution in [1.29, 1.82) is 0 Å². The molecule has 19 heavy (non-hydrogen) atoms. The second-order valence-corrected chi connectivity index (χ2v) is 3.19. The van der Waals surface area contributed by atoms with Crippen molar-refractivity contribution in [1.82, 2.24) is 0 Å². The van der Waals surface area contributed by atoms with Crippen LogP contribution in [0.1, 0.15) is 13.8 Å². The van der Waals surface area contributed by atoms with Crippen LogP contribution in [-0.4, -0.2) is 27.2 Å². The molecule has 0 saturated heterocycles. The molecule has 0 fully saturated rings. The first-order valence-electron chi connectivity index (χ1n) is 6.27. The van der Waals surface area contributed by atoms with Crippen molar-refractivity contribution in [3.8, 4) is 0 Å². The first kappa shape index (κ1) is 23.4. The molecule has 0 aliphatic carbocycles. The van der Waals surface area contributed by atoms with Crippen molar-refractivity contribution < 1.29 is 21.1 Å². The zero-order chi connectivity index (χ0) is 13.9. The van der Waals surface area contributed by atoms with Crippen LogP contribution in [-0.2, 0) is 21.1 Å². The summed E-state index contributed by atoms with van der Waals surface area (Å²) < 4.78 is 0. The predicted molar refractivity (Wildman–Crippen MR) is 83.7 cm³/mol. The smallest absolute Gasteiger partial charge is 0 e. The van der Waals surface area contributed by atoms with Gasteiger partial charge in [0, 0.05) is 21.1 Å². The van der Waals surface area contributed by atoms with Gasteiger partial charge in [-0.2, -0.15) is 63.6 Å². The maximum absolute atomic E-state index is 3.74. The third-order valence-electron chi connectivity index (χ3n) is 1.74. The number of hydrogen-bond donors (Lipinski definition) is 0. The Morgan fingerprint density at radius 3 is 0.947 bits per heavy atom. The Labute approximate surface area is 133 Å². The van der Waals surface area contributed by atoms with Gasteiger partial charge >= 0.3 is 0 Å². The summed E-state index contributed by atoms with van der Waals surface area (Å²) >= 11 is 0. The van der Waals surface area contributed by atoms with E-state index >= 15 is 0 Å².